The molecular formula is C37H45N5O3S. The summed E-state index contributed by atoms with van der Waals surface area (Å²) in [6.45, 7) is 5.91. The van der Waals surface area contributed by atoms with Crippen LogP contribution in [0.1, 0.15) is 73.3 Å². The quantitative estimate of drug-likeness (QED) is 0.111. The highest BCUT2D eigenvalue weighted by molar-refractivity contribution is 7.99. The van der Waals surface area contributed by atoms with Crippen molar-refractivity contribution in [3.8, 4) is 11.4 Å². The molecule has 1 aromatic heterocycles. The van der Waals surface area contributed by atoms with Crippen LogP contribution in [0.3, 0.4) is 0 Å². The Kier molecular flexibility index (Phi) is 11.9. The van der Waals surface area contributed by atoms with E-state index in [-0.39, 0.29) is 17.9 Å². The number of amides is 2. The molecule has 2 amide bonds. The van der Waals surface area contributed by atoms with Crippen LogP contribution in [0.5, 0.6) is 5.75 Å². The summed E-state index contributed by atoms with van der Waals surface area (Å²) in [7, 11) is 1.66. The van der Waals surface area contributed by atoms with Crippen LogP contribution in [0.2, 0.25) is 0 Å². The molecule has 0 N–H and O–H groups in total. The van der Waals surface area contributed by atoms with Gasteiger partial charge in [-0.15, -0.1) is 10.2 Å². The van der Waals surface area contributed by atoms with Gasteiger partial charge in [-0.2, -0.15) is 0 Å². The van der Waals surface area contributed by atoms with Gasteiger partial charge < -0.3 is 14.5 Å². The molecule has 5 rings (SSSR count). The molecule has 4 aromatic rings. The number of hydrogen-bond donors (Lipinski definition) is 0. The second-order valence-electron chi connectivity index (χ2n) is 11.9. The first-order valence-electron chi connectivity index (χ1n) is 16.4. The highest BCUT2D eigenvalue weighted by Crippen LogP contribution is 2.26. The maximum absolute atomic E-state index is 13.3. The first-order valence-corrected chi connectivity index (χ1v) is 17.4. The van der Waals surface area contributed by atoms with Crippen molar-refractivity contribution in [1.82, 2.24) is 24.6 Å². The molecule has 0 spiro atoms. The van der Waals surface area contributed by atoms with Crippen LogP contribution in [0, 0.1) is 0 Å². The number of benzene rings is 3. The predicted octanol–water partition coefficient (Wildman–Crippen LogP) is 6.84. The van der Waals surface area contributed by atoms with Crippen molar-refractivity contribution in [2.75, 3.05) is 32.5 Å². The zero-order valence-corrected chi connectivity index (χ0v) is 28.0. The standard InChI is InChI=1S/C37H45N5O3S/c1-4-5-7-11-29-15-17-31(18-16-29)36(44)41-24-23-40(27-28(41)2)35(43)14-10-25-46-37-39-38-34(26-30-12-8-6-9-13-30)42(37)32-19-21-33(45-3)22-20-32/h6,8-9,12-13,15-22,28H,4-5,7,10-11,14,23-27H2,1-3H3. The molecule has 1 aliphatic rings. The second-order valence-corrected chi connectivity index (χ2v) is 13.0. The molecule has 242 valence electrons. The third-order valence-electron chi connectivity index (χ3n) is 8.51. The molecule has 1 atom stereocenters. The molecule has 0 radical (unpaired) electrons. The van der Waals surface area contributed by atoms with Crippen LogP contribution in [-0.2, 0) is 17.6 Å². The number of thioether (sulfide) groups is 1. The molecule has 3 aromatic carbocycles. The van der Waals surface area contributed by atoms with Gasteiger partial charge in [0.1, 0.15) is 11.6 Å². The lowest BCUT2D eigenvalue weighted by atomic mass is 10.0. The van der Waals surface area contributed by atoms with Gasteiger partial charge in [-0.3, -0.25) is 14.2 Å². The van der Waals surface area contributed by atoms with Crippen LogP contribution in [-0.4, -0.2) is 74.9 Å². The fraction of sp³-hybridized carbons (Fsp3) is 0.405. The molecule has 1 fully saturated rings. The van der Waals surface area contributed by atoms with Crippen molar-refractivity contribution < 1.29 is 14.3 Å². The minimum Gasteiger partial charge on any atom is -0.497 e. The lowest BCUT2D eigenvalue weighted by Crippen LogP contribution is -2.55. The van der Waals surface area contributed by atoms with Gasteiger partial charge in [0.25, 0.3) is 5.91 Å². The molecule has 0 bridgehead atoms. The number of hydrogen-bond acceptors (Lipinski definition) is 6. The van der Waals surface area contributed by atoms with E-state index in [9.17, 15) is 9.59 Å². The van der Waals surface area contributed by atoms with Crippen molar-refractivity contribution in [1.29, 1.82) is 0 Å². The van der Waals surface area contributed by atoms with Gasteiger partial charge in [-0.1, -0.05) is 74.0 Å². The monoisotopic (exact) mass is 639 g/mol. The summed E-state index contributed by atoms with van der Waals surface area (Å²) in [5.74, 6) is 2.58. The third kappa shape index (κ3) is 8.57. The molecule has 8 nitrogen and oxygen atoms in total. The summed E-state index contributed by atoms with van der Waals surface area (Å²) in [5, 5.41) is 9.88. The van der Waals surface area contributed by atoms with Crippen molar-refractivity contribution in [3.63, 3.8) is 0 Å². The molecule has 1 aliphatic heterocycles. The molecular weight excluding hydrogens is 595 g/mol. The Morgan fingerprint density at radius 2 is 1.65 bits per heavy atom. The maximum Gasteiger partial charge on any atom is 0.254 e. The Morgan fingerprint density at radius 3 is 2.35 bits per heavy atom. The molecule has 0 saturated carbocycles. The van der Waals surface area contributed by atoms with Crippen LogP contribution in [0.4, 0.5) is 0 Å². The number of aryl methyl sites for hydroxylation is 1. The Morgan fingerprint density at radius 1 is 0.891 bits per heavy atom. The topological polar surface area (TPSA) is 80.6 Å². The van der Waals surface area contributed by atoms with Crippen molar-refractivity contribution in [2.45, 2.75) is 70.0 Å². The van der Waals surface area contributed by atoms with Gasteiger partial charge in [0.15, 0.2) is 5.16 Å². The minimum absolute atomic E-state index is 0.0325. The maximum atomic E-state index is 13.3. The number of ether oxygens (including phenoxy) is 1. The summed E-state index contributed by atoms with van der Waals surface area (Å²) in [5.41, 5.74) is 4.13. The molecule has 1 unspecified atom stereocenters. The van der Waals surface area contributed by atoms with E-state index in [0.717, 1.165) is 46.6 Å². The minimum atomic E-state index is -0.0325. The van der Waals surface area contributed by atoms with Gasteiger partial charge in [0.05, 0.1) is 7.11 Å². The summed E-state index contributed by atoms with van der Waals surface area (Å²) in [6, 6.07) is 26.2. The summed E-state index contributed by atoms with van der Waals surface area (Å²) < 4.78 is 7.45. The summed E-state index contributed by atoms with van der Waals surface area (Å²) in [4.78, 5) is 30.3. The van der Waals surface area contributed by atoms with Crippen molar-refractivity contribution in [2.24, 2.45) is 0 Å². The largest absolute Gasteiger partial charge is 0.497 e. The van der Waals surface area contributed by atoms with Gasteiger partial charge in [-0.05, 0) is 73.7 Å². The van der Waals surface area contributed by atoms with E-state index in [2.05, 4.69) is 46.0 Å². The van der Waals surface area contributed by atoms with E-state index in [0.29, 0.717) is 32.5 Å². The molecule has 1 saturated heterocycles. The number of piperazine rings is 1. The lowest BCUT2D eigenvalue weighted by molar-refractivity contribution is -0.133. The number of unbranched alkanes of at least 4 members (excludes halogenated alkanes) is 2. The Labute approximate surface area is 277 Å². The Hall–Kier alpha value is -4.11. The highest BCUT2D eigenvalue weighted by Gasteiger charge is 2.30. The van der Waals surface area contributed by atoms with E-state index in [1.807, 2.05) is 71.3 Å². The summed E-state index contributed by atoms with van der Waals surface area (Å²) in [6.07, 6.45) is 6.51. The fourth-order valence-corrected chi connectivity index (χ4v) is 6.78. The van der Waals surface area contributed by atoms with Crippen LogP contribution >= 0.6 is 11.8 Å². The van der Waals surface area contributed by atoms with E-state index in [1.54, 1.807) is 18.9 Å². The Balaban J connectivity index is 1.13. The average Bonchev–Trinajstić information content (AvgIpc) is 3.49. The van der Waals surface area contributed by atoms with Crippen LogP contribution in [0.25, 0.3) is 5.69 Å². The number of rotatable bonds is 14. The third-order valence-corrected chi connectivity index (χ3v) is 9.53. The second kappa shape index (κ2) is 16.5. The van der Waals surface area contributed by atoms with Crippen LogP contribution < -0.4 is 4.74 Å². The van der Waals surface area contributed by atoms with Crippen LogP contribution in [0.15, 0.2) is 84.0 Å². The van der Waals surface area contributed by atoms with Gasteiger partial charge in [0, 0.05) is 55.5 Å². The fourth-order valence-electron chi connectivity index (χ4n) is 5.87. The van der Waals surface area contributed by atoms with E-state index in [4.69, 9.17) is 4.74 Å². The number of aromatic nitrogens is 3. The van der Waals surface area contributed by atoms with Crippen molar-refractivity contribution >= 4 is 23.6 Å². The van der Waals surface area contributed by atoms with E-state index < -0.39 is 0 Å². The molecule has 0 aliphatic carbocycles. The highest BCUT2D eigenvalue weighted by atomic mass is 32.2. The normalized spacial score (nSPS) is 14.8. The van der Waals surface area contributed by atoms with Gasteiger partial charge >= 0.3 is 0 Å². The molecule has 9 heteroatoms. The van der Waals surface area contributed by atoms with Crippen molar-refractivity contribution in [3.05, 3.63) is 101 Å². The zero-order valence-electron chi connectivity index (χ0n) is 27.2. The number of carbonyl (C=O) groups is 2. The first-order chi connectivity index (χ1) is 22.5. The SMILES string of the molecule is CCCCCc1ccc(C(=O)N2CCN(C(=O)CCCSc3nnc(Cc4ccccc4)n3-c3ccc(OC)cc3)CC2C)cc1. The zero-order chi connectivity index (χ0) is 32.3. The number of methoxy groups -OCH3 is 1. The first kappa shape index (κ1) is 33.3. The van der Waals surface area contributed by atoms with E-state index in [1.165, 1.54) is 30.4 Å². The van der Waals surface area contributed by atoms with Gasteiger partial charge in [-0.25, -0.2) is 0 Å². The smallest absolute Gasteiger partial charge is 0.254 e. The van der Waals surface area contributed by atoms with E-state index >= 15 is 0 Å². The Bertz CT molecular complexity index is 1560. The number of carbonyl (C=O) groups excluding carboxylic acids is 2. The number of nitrogens with zero attached hydrogens (tertiary/aromatic N) is 5. The molecule has 2 heterocycles. The molecule has 46 heavy (non-hydrogen) atoms. The van der Waals surface area contributed by atoms with Gasteiger partial charge in [0.2, 0.25) is 5.91 Å². The summed E-state index contributed by atoms with van der Waals surface area (Å²) >= 11 is 1.62. The average molecular weight is 640 g/mol. The predicted molar refractivity (Wildman–Crippen MR) is 184 cm³/mol. The lowest BCUT2D eigenvalue weighted by Gasteiger charge is -2.40.